The maximum atomic E-state index is 11.1. The summed E-state index contributed by atoms with van der Waals surface area (Å²) in [6.07, 6.45) is -0.886. The molecule has 25 heavy (non-hydrogen) atoms. The molecular formula is C17H22ClNO6. The van der Waals surface area contributed by atoms with Crippen LogP contribution in [-0.2, 0) is 14.3 Å². The first-order chi connectivity index (χ1) is 11.7. The van der Waals surface area contributed by atoms with Gasteiger partial charge in [-0.3, -0.25) is 14.9 Å². The van der Waals surface area contributed by atoms with Gasteiger partial charge in [-0.05, 0) is 17.9 Å². The number of carbonyl (C=O) groups is 1. The van der Waals surface area contributed by atoms with Crippen molar-refractivity contribution in [3.63, 3.8) is 0 Å². The molecule has 1 aromatic rings. The predicted molar refractivity (Wildman–Crippen MR) is 91.5 cm³/mol. The predicted octanol–water partition coefficient (Wildman–Crippen LogP) is 3.82. The number of nitro groups is 1. The average Bonchev–Trinajstić information content (AvgIpc) is 2.55. The number of hydrogen-bond acceptors (Lipinski definition) is 6. The van der Waals surface area contributed by atoms with Crippen molar-refractivity contribution in [2.45, 2.75) is 40.1 Å². The molecule has 7 nitrogen and oxygen atoms in total. The van der Waals surface area contributed by atoms with E-state index in [1.807, 2.05) is 13.8 Å². The lowest BCUT2D eigenvalue weighted by Crippen LogP contribution is -2.49. The van der Waals surface area contributed by atoms with E-state index < -0.39 is 11.2 Å². The Balaban J connectivity index is 2.14. The number of nitrogens with zero attached hydrogens (tertiary/aromatic N) is 1. The van der Waals surface area contributed by atoms with Crippen molar-refractivity contribution in [3.05, 3.63) is 33.3 Å². The van der Waals surface area contributed by atoms with E-state index in [1.165, 1.54) is 25.1 Å². The second-order valence-electron chi connectivity index (χ2n) is 6.41. The van der Waals surface area contributed by atoms with Crippen LogP contribution in [0.4, 0.5) is 5.69 Å². The first kappa shape index (κ1) is 19.5. The highest BCUT2D eigenvalue weighted by atomic mass is 35.5. The Morgan fingerprint density at radius 3 is 2.52 bits per heavy atom. The van der Waals surface area contributed by atoms with Crippen molar-refractivity contribution < 1.29 is 23.9 Å². The molecule has 1 saturated heterocycles. The molecule has 1 aliphatic heterocycles. The summed E-state index contributed by atoms with van der Waals surface area (Å²) in [4.78, 5) is 21.3. The Morgan fingerprint density at radius 1 is 1.28 bits per heavy atom. The minimum atomic E-state index is -0.592. The molecule has 2 rings (SSSR count). The molecular weight excluding hydrogens is 350 g/mol. The lowest BCUT2D eigenvalue weighted by molar-refractivity contribution is -0.384. The maximum Gasteiger partial charge on any atom is 0.302 e. The fraction of sp³-hybridized carbons (Fsp3) is 0.588. The van der Waals surface area contributed by atoms with E-state index in [2.05, 4.69) is 6.92 Å². The molecule has 0 aromatic heterocycles. The third-order valence-corrected chi connectivity index (χ3v) is 5.10. The lowest BCUT2D eigenvalue weighted by Gasteiger charge is -2.43. The number of non-ortho nitro benzene ring substituents is 1. The van der Waals surface area contributed by atoms with Gasteiger partial charge < -0.3 is 14.2 Å². The van der Waals surface area contributed by atoms with Gasteiger partial charge in [0.05, 0.1) is 16.0 Å². The molecule has 1 aliphatic rings. The van der Waals surface area contributed by atoms with Crippen LogP contribution in [0.2, 0.25) is 5.02 Å². The van der Waals surface area contributed by atoms with E-state index in [9.17, 15) is 14.9 Å². The molecule has 1 fully saturated rings. The molecule has 5 atom stereocenters. The molecule has 0 radical (unpaired) electrons. The van der Waals surface area contributed by atoms with Crippen molar-refractivity contribution in [2.75, 3.05) is 6.61 Å². The largest absolute Gasteiger partial charge is 0.463 e. The fourth-order valence-corrected chi connectivity index (χ4v) is 3.05. The third kappa shape index (κ3) is 4.61. The van der Waals surface area contributed by atoms with Gasteiger partial charge in [0.2, 0.25) is 6.29 Å². The topological polar surface area (TPSA) is 87.9 Å². The summed E-state index contributed by atoms with van der Waals surface area (Å²) in [5.74, 6) is 0.461. The Morgan fingerprint density at radius 2 is 1.96 bits per heavy atom. The van der Waals surface area contributed by atoms with Crippen molar-refractivity contribution in [1.29, 1.82) is 0 Å². The average molecular weight is 372 g/mol. The van der Waals surface area contributed by atoms with Crippen LogP contribution in [0.15, 0.2) is 18.2 Å². The van der Waals surface area contributed by atoms with E-state index in [0.717, 1.165) is 0 Å². The fourth-order valence-electron chi connectivity index (χ4n) is 2.84. The molecule has 138 valence electrons. The molecule has 8 heteroatoms. The van der Waals surface area contributed by atoms with Crippen LogP contribution in [0.3, 0.4) is 0 Å². The second-order valence-corrected chi connectivity index (χ2v) is 6.82. The highest BCUT2D eigenvalue weighted by Crippen LogP contribution is 2.38. The van der Waals surface area contributed by atoms with Crippen LogP contribution in [0, 0.1) is 27.9 Å². The minimum Gasteiger partial charge on any atom is -0.463 e. The highest BCUT2D eigenvalue weighted by Gasteiger charge is 2.41. The Kier molecular flexibility index (Phi) is 6.24. The summed E-state index contributed by atoms with van der Waals surface area (Å²) >= 11 is 6.09. The summed E-state index contributed by atoms with van der Waals surface area (Å²) in [5.41, 5.74) is -0.107. The minimum absolute atomic E-state index is 0.0647. The van der Waals surface area contributed by atoms with Gasteiger partial charge in [0.25, 0.3) is 5.69 Å². The summed E-state index contributed by atoms with van der Waals surface area (Å²) < 4.78 is 16.9. The van der Waals surface area contributed by atoms with Crippen molar-refractivity contribution in [3.8, 4) is 5.75 Å². The lowest BCUT2D eigenvalue weighted by atomic mass is 9.79. The molecule has 0 N–H and O–H groups in total. The molecule has 0 spiro atoms. The summed E-state index contributed by atoms with van der Waals surface area (Å²) in [6.45, 7) is 7.65. The molecule has 0 saturated carbocycles. The van der Waals surface area contributed by atoms with Gasteiger partial charge in [0.1, 0.15) is 12.4 Å². The van der Waals surface area contributed by atoms with Crippen LogP contribution >= 0.6 is 11.6 Å². The van der Waals surface area contributed by atoms with Gasteiger partial charge in [0.15, 0.2) is 0 Å². The van der Waals surface area contributed by atoms with Crippen LogP contribution in [0.5, 0.6) is 5.75 Å². The first-order valence-corrected chi connectivity index (χ1v) is 8.48. The number of nitro benzene ring substituents is 1. The van der Waals surface area contributed by atoms with Crippen molar-refractivity contribution in [1.82, 2.24) is 0 Å². The normalized spacial score (nSPS) is 29.1. The van der Waals surface area contributed by atoms with Crippen molar-refractivity contribution >= 4 is 23.3 Å². The Bertz CT molecular complexity index is 652. The zero-order valence-corrected chi connectivity index (χ0v) is 15.4. The number of hydrogen-bond donors (Lipinski definition) is 0. The number of halogens is 1. The van der Waals surface area contributed by atoms with Gasteiger partial charge in [-0.1, -0.05) is 32.4 Å². The van der Waals surface area contributed by atoms with E-state index in [4.69, 9.17) is 25.8 Å². The maximum absolute atomic E-state index is 11.1. The monoisotopic (exact) mass is 371 g/mol. The summed E-state index contributed by atoms with van der Waals surface area (Å²) in [6, 6.07) is 4.03. The number of carbonyl (C=O) groups excluding carboxylic acids is 1. The number of ether oxygens (including phenoxy) is 3. The Hall–Kier alpha value is -1.86. The SMILES string of the molecule is CC(=O)OCC1O[C@@H](Oc2ccc([N+](=O)[O-])cc2Cl)C(C)[C@@H](C)[C@@H]1C. The van der Waals surface area contributed by atoms with E-state index in [-0.39, 0.29) is 47.1 Å². The van der Waals surface area contributed by atoms with E-state index in [0.29, 0.717) is 5.75 Å². The van der Waals surface area contributed by atoms with Crippen LogP contribution in [0.1, 0.15) is 27.7 Å². The highest BCUT2D eigenvalue weighted by molar-refractivity contribution is 6.32. The number of esters is 1. The van der Waals surface area contributed by atoms with E-state index in [1.54, 1.807) is 0 Å². The molecule has 2 unspecified atom stereocenters. The van der Waals surface area contributed by atoms with Gasteiger partial charge in [-0.15, -0.1) is 0 Å². The number of benzene rings is 1. The summed E-state index contributed by atoms with van der Waals surface area (Å²) in [5, 5.41) is 10.9. The summed E-state index contributed by atoms with van der Waals surface area (Å²) in [7, 11) is 0. The zero-order valence-electron chi connectivity index (χ0n) is 14.6. The van der Waals surface area contributed by atoms with Gasteiger partial charge in [-0.25, -0.2) is 0 Å². The standard InChI is InChI=1S/C17H22ClNO6/c1-9-10(2)16(8-23-12(4)20)25-17(11(9)3)24-15-6-5-13(19(21)22)7-14(15)18/h5-7,9-11,16-17H,8H2,1-4H3/t9-,10-,11?,16?,17+/m0/s1. The molecule has 1 aromatic carbocycles. The van der Waals surface area contributed by atoms with Crippen LogP contribution in [0.25, 0.3) is 0 Å². The molecule has 0 aliphatic carbocycles. The third-order valence-electron chi connectivity index (χ3n) is 4.80. The Labute approximate surface area is 151 Å². The van der Waals surface area contributed by atoms with Gasteiger partial charge in [-0.2, -0.15) is 0 Å². The van der Waals surface area contributed by atoms with Crippen LogP contribution in [-0.4, -0.2) is 29.9 Å². The number of rotatable bonds is 5. The van der Waals surface area contributed by atoms with Crippen LogP contribution < -0.4 is 4.74 Å². The second kappa shape index (κ2) is 8.01. The molecule has 0 bridgehead atoms. The molecule has 0 amide bonds. The quantitative estimate of drug-likeness (QED) is 0.444. The first-order valence-electron chi connectivity index (χ1n) is 8.10. The smallest absolute Gasteiger partial charge is 0.302 e. The molecule has 1 heterocycles. The van der Waals surface area contributed by atoms with Gasteiger partial charge >= 0.3 is 5.97 Å². The van der Waals surface area contributed by atoms with Gasteiger partial charge in [0, 0.05) is 25.0 Å². The zero-order chi connectivity index (χ0) is 18.7. The van der Waals surface area contributed by atoms with E-state index >= 15 is 0 Å². The van der Waals surface area contributed by atoms with Crippen molar-refractivity contribution in [2.24, 2.45) is 17.8 Å².